The first-order valence-corrected chi connectivity index (χ1v) is 12.8. The summed E-state index contributed by atoms with van der Waals surface area (Å²) in [5, 5.41) is 5.75. The van der Waals surface area contributed by atoms with Crippen molar-refractivity contribution < 1.29 is 9.47 Å². The van der Waals surface area contributed by atoms with Gasteiger partial charge in [-0.25, -0.2) is 4.98 Å². The third-order valence-corrected chi connectivity index (χ3v) is 6.45. The lowest BCUT2D eigenvalue weighted by atomic mass is 9.96. The van der Waals surface area contributed by atoms with E-state index in [-0.39, 0.29) is 17.6 Å². The Labute approximate surface area is 226 Å². The molecule has 0 saturated carbocycles. The van der Waals surface area contributed by atoms with Crippen molar-refractivity contribution in [1.29, 1.82) is 0 Å². The van der Waals surface area contributed by atoms with Crippen LogP contribution in [0, 0.1) is 6.92 Å². The van der Waals surface area contributed by atoms with Crippen molar-refractivity contribution >= 4 is 40.3 Å². The highest BCUT2D eigenvalue weighted by Crippen LogP contribution is 2.35. The Morgan fingerprint density at radius 1 is 1.03 bits per heavy atom. The summed E-state index contributed by atoms with van der Waals surface area (Å²) >= 11 is 12.9. The maximum absolute atomic E-state index is 13.6. The summed E-state index contributed by atoms with van der Waals surface area (Å²) in [4.78, 5) is 18.5. The van der Waals surface area contributed by atoms with Crippen LogP contribution in [-0.4, -0.2) is 29.1 Å². The van der Waals surface area contributed by atoms with Crippen molar-refractivity contribution in [3.63, 3.8) is 0 Å². The molecule has 3 aromatic carbocycles. The summed E-state index contributed by atoms with van der Waals surface area (Å²) < 4.78 is 12.6. The smallest absolute Gasteiger partial charge is 0.282 e. The highest BCUT2D eigenvalue weighted by atomic mass is 35.5. The van der Waals surface area contributed by atoms with E-state index in [1.165, 1.54) is 4.68 Å². The van der Waals surface area contributed by atoms with E-state index in [9.17, 15) is 4.79 Å². The van der Waals surface area contributed by atoms with Crippen LogP contribution in [-0.2, 0) is 0 Å². The summed E-state index contributed by atoms with van der Waals surface area (Å²) in [7, 11) is 1.66. The lowest BCUT2D eigenvalue weighted by Crippen LogP contribution is -2.20. The molecule has 4 rings (SSSR count). The van der Waals surface area contributed by atoms with E-state index >= 15 is 0 Å². The molecule has 1 heterocycles. The van der Waals surface area contributed by atoms with Crippen LogP contribution >= 0.6 is 23.2 Å². The van der Waals surface area contributed by atoms with Gasteiger partial charge in [-0.05, 0) is 79.8 Å². The van der Waals surface area contributed by atoms with E-state index in [2.05, 4.69) is 18.9 Å². The largest absolute Gasteiger partial charge is 0.496 e. The minimum Gasteiger partial charge on any atom is -0.496 e. The van der Waals surface area contributed by atoms with E-state index in [0.717, 1.165) is 22.4 Å². The molecular formula is C29H29Cl2N3O3. The minimum atomic E-state index is -0.282. The number of benzene rings is 3. The number of aromatic nitrogens is 2. The molecule has 0 fully saturated rings. The molecule has 0 N–H and O–H groups in total. The first-order valence-electron chi connectivity index (χ1n) is 12.0. The molecule has 0 amide bonds. The van der Waals surface area contributed by atoms with Crippen LogP contribution in [0.5, 0.6) is 11.5 Å². The van der Waals surface area contributed by atoms with Gasteiger partial charge in [-0.3, -0.25) is 4.79 Å². The first kappa shape index (κ1) is 26.7. The summed E-state index contributed by atoms with van der Waals surface area (Å²) in [6.07, 6.45) is 1.46. The number of nitrogens with zero attached hydrogens (tertiary/aromatic N) is 3. The molecule has 0 spiro atoms. The Morgan fingerprint density at radius 3 is 2.32 bits per heavy atom. The SMILES string of the molecule is COc1cc(C)c(-c2nc3ccccc3c(=O)n2N=Cc2cc(Cl)c(OC(C)C)c(Cl)c2)cc1C(C)C. The van der Waals surface area contributed by atoms with Gasteiger partial charge in [-0.2, -0.15) is 9.78 Å². The van der Waals surface area contributed by atoms with Crippen LogP contribution in [0.25, 0.3) is 22.3 Å². The lowest BCUT2D eigenvalue weighted by molar-refractivity contribution is 0.243. The zero-order valence-electron chi connectivity index (χ0n) is 21.7. The van der Waals surface area contributed by atoms with Crippen LogP contribution in [0.1, 0.15) is 50.3 Å². The Kier molecular flexibility index (Phi) is 7.90. The van der Waals surface area contributed by atoms with Crippen molar-refractivity contribution in [2.75, 3.05) is 7.11 Å². The van der Waals surface area contributed by atoms with Gasteiger partial charge >= 0.3 is 0 Å². The molecule has 4 aromatic rings. The van der Waals surface area contributed by atoms with Crippen molar-refractivity contribution in [3.8, 4) is 22.9 Å². The molecule has 0 aliphatic heterocycles. The quantitative estimate of drug-likeness (QED) is 0.229. The van der Waals surface area contributed by atoms with Crippen molar-refractivity contribution in [3.05, 3.63) is 85.6 Å². The normalized spacial score (nSPS) is 11.7. The Morgan fingerprint density at radius 2 is 1.70 bits per heavy atom. The minimum absolute atomic E-state index is 0.0807. The van der Waals surface area contributed by atoms with Gasteiger partial charge in [-0.15, -0.1) is 0 Å². The van der Waals surface area contributed by atoms with Gasteiger partial charge in [-0.1, -0.05) is 49.2 Å². The number of halogens is 2. The van der Waals surface area contributed by atoms with Crippen LogP contribution in [0.15, 0.2) is 58.4 Å². The number of hydrogen-bond donors (Lipinski definition) is 0. The van der Waals surface area contributed by atoms with E-state index in [4.69, 9.17) is 37.7 Å². The maximum Gasteiger partial charge on any atom is 0.282 e. The zero-order valence-corrected chi connectivity index (χ0v) is 23.2. The molecule has 0 radical (unpaired) electrons. The molecule has 1 aromatic heterocycles. The highest BCUT2D eigenvalue weighted by Gasteiger charge is 2.18. The number of ether oxygens (including phenoxy) is 2. The van der Waals surface area contributed by atoms with E-state index in [0.29, 0.717) is 38.1 Å². The van der Waals surface area contributed by atoms with Crippen molar-refractivity contribution in [2.45, 2.75) is 46.6 Å². The molecule has 8 heteroatoms. The summed E-state index contributed by atoms with van der Waals surface area (Å²) in [6, 6.07) is 14.6. The van der Waals surface area contributed by atoms with Crippen LogP contribution in [0.3, 0.4) is 0 Å². The van der Waals surface area contributed by atoms with Gasteiger partial charge in [0, 0.05) is 5.56 Å². The lowest BCUT2D eigenvalue weighted by Gasteiger charge is -2.17. The second kappa shape index (κ2) is 11.0. The summed E-state index contributed by atoms with van der Waals surface area (Å²) in [5.41, 5.74) is 3.65. The Hall–Kier alpha value is -3.35. The molecular weight excluding hydrogens is 509 g/mol. The average molecular weight is 538 g/mol. The molecule has 0 unspecified atom stereocenters. The van der Waals surface area contributed by atoms with E-state index in [1.54, 1.807) is 31.5 Å². The molecule has 6 nitrogen and oxygen atoms in total. The fourth-order valence-corrected chi connectivity index (χ4v) is 4.69. The van der Waals surface area contributed by atoms with Gasteiger partial charge < -0.3 is 9.47 Å². The van der Waals surface area contributed by atoms with E-state index in [1.807, 2.05) is 51.1 Å². The molecule has 0 aliphatic carbocycles. The number of fused-ring (bicyclic) bond motifs is 1. The van der Waals surface area contributed by atoms with Gasteiger partial charge in [0.2, 0.25) is 0 Å². The topological polar surface area (TPSA) is 65.7 Å². The third kappa shape index (κ3) is 5.50. The van der Waals surface area contributed by atoms with Gasteiger partial charge in [0.25, 0.3) is 5.56 Å². The highest BCUT2D eigenvalue weighted by molar-refractivity contribution is 6.37. The van der Waals surface area contributed by atoms with Gasteiger partial charge in [0.05, 0.1) is 40.4 Å². The summed E-state index contributed by atoms with van der Waals surface area (Å²) in [6.45, 7) is 9.94. The van der Waals surface area contributed by atoms with Crippen LogP contribution in [0.2, 0.25) is 10.0 Å². The molecule has 192 valence electrons. The van der Waals surface area contributed by atoms with E-state index < -0.39 is 0 Å². The molecule has 0 saturated heterocycles. The molecule has 37 heavy (non-hydrogen) atoms. The Bertz CT molecular complexity index is 1540. The third-order valence-electron chi connectivity index (χ3n) is 5.89. The number of methoxy groups -OCH3 is 1. The molecule has 0 aliphatic rings. The zero-order chi connectivity index (χ0) is 26.9. The summed E-state index contributed by atoms with van der Waals surface area (Å²) in [5.74, 6) is 1.84. The van der Waals surface area contributed by atoms with Crippen LogP contribution < -0.4 is 15.0 Å². The number of rotatable bonds is 7. The Balaban J connectivity index is 1.92. The van der Waals surface area contributed by atoms with Gasteiger partial charge in [0.1, 0.15) is 5.75 Å². The molecule has 0 bridgehead atoms. The fraction of sp³-hybridized carbons (Fsp3) is 0.276. The number of aryl methyl sites for hydroxylation is 1. The van der Waals surface area contributed by atoms with Crippen LogP contribution in [0.4, 0.5) is 0 Å². The number of hydrogen-bond acceptors (Lipinski definition) is 5. The maximum atomic E-state index is 13.6. The fourth-order valence-electron chi connectivity index (χ4n) is 4.10. The predicted octanol–water partition coefficient (Wildman–Crippen LogP) is 7.48. The first-order chi connectivity index (χ1) is 17.6. The van der Waals surface area contributed by atoms with Crippen molar-refractivity contribution in [2.24, 2.45) is 5.10 Å². The monoisotopic (exact) mass is 537 g/mol. The number of para-hydroxylation sites is 1. The second-order valence-corrected chi connectivity index (χ2v) is 10.2. The second-order valence-electron chi connectivity index (χ2n) is 9.36. The van der Waals surface area contributed by atoms with Crippen molar-refractivity contribution in [1.82, 2.24) is 9.66 Å². The average Bonchev–Trinajstić information content (AvgIpc) is 2.85. The molecule has 0 atom stereocenters. The van der Waals surface area contributed by atoms with Gasteiger partial charge in [0.15, 0.2) is 11.6 Å². The predicted molar refractivity (Wildman–Crippen MR) is 152 cm³/mol. The standard InChI is InChI=1S/C29H29Cl2N3O3/c1-16(2)21-14-22(18(5)11-26(21)36-6)28-33-25-10-8-7-9-20(25)29(35)34(28)32-15-19-12-23(30)27(24(31)13-19)37-17(3)4/h7-17H,1-6H3.